The standard InChI is InChI=1S/C40H47ClN6O3S2/c41-32-14-10-29(11-15-32)37-9-5-4-6-31(37)27-46-22-24-47(25-23-46)34-16-12-30(13-17-34)40(48)45-52(49,50)36-18-19-39(38(43)26-36)44-33(20-21-42)28-51-35-7-2-1-3-8-35/h1-3,7-8,10-19,26,33,44H,4-6,9,20-25,27-28,42-43H2,(H,45,48)/t33-/m1/s1. The molecular weight excluding hydrogens is 712 g/mol. The fourth-order valence-electron chi connectivity index (χ4n) is 6.81. The highest BCUT2D eigenvalue weighted by atomic mass is 35.5. The van der Waals surface area contributed by atoms with Gasteiger partial charge in [0, 0.05) is 65.7 Å². The number of hydrogen-bond donors (Lipinski definition) is 4. The molecule has 1 atom stereocenters. The summed E-state index contributed by atoms with van der Waals surface area (Å²) in [5, 5.41) is 4.17. The minimum atomic E-state index is -4.16. The molecule has 0 bridgehead atoms. The summed E-state index contributed by atoms with van der Waals surface area (Å²) >= 11 is 7.85. The summed E-state index contributed by atoms with van der Waals surface area (Å²) < 4.78 is 28.6. The Hall–Kier alpha value is -4.00. The number of carbonyl (C=O) groups excluding carboxylic acids is 1. The van der Waals surface area contributed by atoms with Gasteiger partial charge in [0.25, 0.3) is 15.9 Å². The number of sulfonamides is 1. The molecule has 12 heteroatoms. The first-order valence-corrected chi connectivity index (χ1v) is 20.7. The maximum absolute atomic E-state index is 13.2. The Bertz CT molecular complexity index is 1950. The van der Waals surface area contributed by atoms with Crippen LogP contribution in [0.5, 0.6) is 0 Å². The normalized spacial score (nSPS) is 16.1. The van der Waals surface area contributed by atoms with Crippen molar-refractivity contribution in [3.63, 3.8) is 0 Å². The zero-order valence-corrected chi connectivity index (χ0v) is 31.7. The van der Waals surface area contributed by atoms with Gasteiger partial charge in [-0.1, -0.05) is 47.5 Å². The molecule has 4 aromatic rings. The molecule has 0 radical (unpaired) electrons. The summed E-state index contributed by atoms with van der Waals surface area (Å²) in [6.07, 6.45) is 5.42. The van der Waals surface area contributed by atoms with Crippen molar-refractivity contribution >= 4 is 61.9 Å². The van der Waals surface area contributed by atoms with Gasteiger partial charge in [-0.25, -0.2) is 13.1 Å². The van der Waals surface area contributed by atoms with Crippen LogP contribution in [0, 0.1) is 0 Å². The largest absolute Gasteiger partial charge is 0.397 e. The van der Waals surface area contributed by atoms with E-state index in [1.54, 1.807) is 30.0 Å². The maximum atomic E-state index is 13.2. The number of halogens is 1. The molecule has 1 aliphatic heterocycles. The first kappa shape index (κ1) is 37.7. The number of nitrogens with one attached hydrogen (secondary N) is 2. The Morgan fingerprint density at radius 1 is 0.885 bits per heavy atom. The van der Waals surface area contributed by atoms with Crippen molar-refractivity contribution in [3.05, 3.63) is 119 Å². The number of thioether (sulfide) groups is 1. The molecule has 52 heavy (non-hydrogen) atoms. The number of amides is 1. The van der Waals surface area contributed by atoms with Gasteiger partial charge < -0.3 is 21.7 Å². The lowest BCUT2D eigenvalue weighted by Crippen LogP contribution is -2.47. The number of nitrogens with two attached hydrogens (primary N) is 2. The Morgan fingerprint density at radius 2 is 1.60 bits per heavy atom. The number of nitrogens with zero attached hydrogens (tertiary/aromatic N) is 2. The van der Waals surface area contributed by atoms with Crippen molar-refractivity contribution in [1.29, 1.82) is 0 Å². The molecule has 9 nitrogen and oxygen atoms in total. The summed E-state index contributed by atoms with van der Waals surface area (Å²) in [6.45, 7) is 5.09. The summed E-state index contributed by atoms with van der Waals surface area (Å²) in [5.74, 6) is 0.0619. The predicted octanol–water partition coefficient (Wildman–Crippen LogP) is 7.11. The molecule has 274 valence electrons. The Morgan fingerprint density at radius 3 is 2.29 bits per heavy atom. The van der Waals surface area contributed by atoms with Crippen LogP contribution >= 0.6 is 23.4 Å². The zero-order chi connectivity index (χ0) is 36.5. The summed E-state index contributed by atoms with van der Waals surface area (Å²) in [7, 11) is -4.16. The molecule has 0 unspecified atom stereocenters. The molecule has 0 spiro atoms. The molecule has 4 aromatic carbocycles. The summed E-state index contributed by atoms with van der Waals surface area (Å²) in [4.78, 5) is 19.0. The van der Waals surface area contributed by atoms with Gasteiger partial charge in [0.1, 0.15) is 0 Å². The van der Waals surface area contributed by atoms with E-state index >= 15 is 0 Å². The first-order valence-electron chi connectivity index (χ1n) is 17.8. The third-order valence-electron chi connectivity index (χ3n) is 9.69. The molecule has 2 aliphatic rings. The van der Waals surface area contributed by atoms with Gasteiger partial charge in [0.2, 0.25) is 0 Å². The number of piperazine rings is 1. The molecule has 0 aromatic heterocycles. The van der Waals surface area contributed by atoms with Crippen LogP contribution in [-0.2, 0) is 10.0 Å². The van der Waals surface area contributed by atoms with Gasteiger partial charge >= 0.3 is 0 Å². The molecule has 1 fully saturated rings. The minimum Gasteiger partial charge on any atom is -0.397 e. The van der Waals surface area contributed by atoms with Crippen LogP contribution in [0.3, 0.4) is 0 Å². The smallest absolute Gasteiger partial charge is 0.264 e. The molecule has 1 amide bonds. The van der Waals surface area contributed by atoms with Crippen molar-refractivity contribution in [1.82, 2.24) is 9.62 Å². The van der Waals surface area contributed by atoms with E-state index in [0.29, 0.717) is 12.2 Å². The monoisotopic (exact) mass is 758 g/mol. The van der Waals surface area contributed by atoms with E-state index < -0.39 is 15.9 Å². The molecule has 1 heterocycles. The lowest BCUT2D eigenvalue weighted by Gasteiger charge is -2.37. The lowest BCUT2D eigenvalue weighted by molar-refractivity contribution is 0.0981. The molecule has 1 saturated heterocycles. The number of carbonyl (C=O) groups is 1. The van der Waals surface area contributed by atoms with E-state index in [2.05, 4.69) is 44.1 Å². The highest BCUT2D eigenvalue weighted by molar-refractivity contribution is 7.99. The Kier molecular flexibility index (Phi) is 12.8. The second-order valence-corrected chi connectivity index (χ2v) is 16.5. The minimum absolute atomic E-state index is 0.0275. The van der Waals surface area contributed by atoms with E-state index in [0.717, 1.165) is 73.3 Å². The molecule has 6 N–H and O–H groups in total. The van der Waals surface area contributed by atoms with E-state index in [1.807, 2.05) is 42.5 Å². The van der Waals surface area contributed by atoms with Crippen LogP contribution in [0.15, 0.2) is 112 Å². The Labute approximate surface area is 316 Å². The maximum Gasteiger partial charge on any atom is 0.264 e. The van der Waals surface area contributed by atoms with E-state index in [-0.39, 0.29) is 22.2 Å². The van der Waals surface area contributed by atoms with Gasteiger partial charge in [0.15, 0.2) is 0 Å². The summed E-state index contributed by atoms with van der Waals surface area (Å²) in [5.41, 5.74) is 18.6. The molecule has 6 rings (SSSR count). The van der Waals surface area contributed by atoms with Crippen molar-refractivity contribution < 1.29 is 13.2 Å². The number of rotatable bonds is 14. The predicted molar refractivity (Wildman–Crippen MR) is 216 cm³/mol. The third-order valence-corrected chi connectivity index (χ3v) is 12.4. The average molecular weight is 759 g/mol. The van der Waals surface area contributed by atoms with Gasteiger partial charge in [-0.3, -0.25) is 9.69 Å². The highest BCUT2D eigenvalue weighted by Gasteiger charge is 2.23. The van der Waals surface area contributed by atoms with Gasteiger partial charge in [0.05, 0.1) is 16.3 Å². The second kappa shape index (κ2) is 17.7. The summed E-state index contributed by atoms with van der Waals surface area (Å²) in [6, 6.07) is 29.9. The average Bonchev–Trinajstić information content (AvgIpc) is 3.16. The number of anilines is 3. The van der Waals surface area contributed by atoms with Crippen molar-refractivity contribution in [2.45, 2.75) is 47.9 Å². The van der Waals surface area contributed by atoms with Crippen molar-refractivity contribution in [2.24, 2.45) is 5.73 Å². The van der Waals surface area contributed by atoms with E-state index in [1.165, 1.54) is 41.7 Å². The molecular formula is C40H47ClN6O3S2. The van der Waals surface area contributed by atoms with Crippen LogP contribution in [0.2, 0.25) is 5.02 Å². The fourth-order valence-corrected chi connectivity index (χ4v) is 8.94. The van der Waals surface area contributed by atoms with E-state index in [9.17, 15) is 13.2 Å². The number of hydrogen-bond acceptors (Lipinski definition) is 9. The van der Waals surface area contributed by atoms with E-state index in [4.69, 9.17) is 23.1 Å². The Balaban J connectivity index is 1.02. The van der Waals surface area contributed by atoms with Gasteiger partial charge in [-0.2, -0.15) is 0 Å². The second-order valence-electron chi connectivity index (χ2n) is 13.3. The van der Waals surface area contributed by atoms with Gasteiger partial charge in [-0.15, -0.1) is 11.8 Å². The number of allylic oxidation sites excluding steroid dienone is 1. The quantitative estimate of drug-likeness (QED) is 0.0784. The highest BCUT2D eigenvalue weighted by Crippen LogP contribution is 2.34. The van der Waals surface area contributed by atoms with Crippen molar-refractivity contribution in [3.8, 4) is 0 Å². The van der Waals surface area contributed by atoms with Gasteiger partial charge in [-0.05, 0) is 117 Å². The fraction of sp³-hybridized carbons (Fsp3) is 0.325. The van der Waals surface area contributed by atoms with Crippen molar-refractivity contribution in [2.75, 3.05) is 61.0 Å². The van der Waals surface area contributed by atoms with Crippen LogP contribution in [0.4, 0.5) is 17.1 Å². The van der Waals surface area contributed by atoms with Crippen LogP contribution in [0.25, 0.3) is 5.57 Å². The van der Waals surface area contributed by atoms with Crippen LogP contribution in [0.1, 0.15) is 48.0 Å². The molecule has 0 saturated carbocycles. The number of benzene rings is 4. The number of nitrogen functional groups attached to an aromatic ring is 1. The third kappa shape index (κ3) is 9.90. The zero-order valence-electron chi connectivity index (χ0n) is 29.3. The SMILES string of the molecule is NCC[C@H](CSc1ccccc1)Nc1ccc(S(=O)(=O)NC(=O)c2ccc(N3CCN(CC4=C(c5ccc(Cl)cc5)CCCC4)CC3)cc2)cc1N. The van der Waals surface area contributed by atoms with Crippen LogP contribution in [-0.4, -0.2) is 70.3 Å². The topological polar surface area (TPSA) is 134 Å². The van der Waals surface area contributed by atoms with Crippen LogP contribution < -0.4 is 26.4 Å². The lowest BCUT2D eigenvalue weighted by atomic mass is 9.87. The first-order chi connectivity index (χ1) is 25.2. The molecule has 1 aliphatic carbocycles.